The summed E-state index contributed by atoms with van der Waals surface area (Å²) in [4.78, 5) is 14.5. The molecule has 1 saturated carbocycles. The Labute approximate surface area is 121 Å². The molecule has 3 rings (SSSR count). The molecular formula is C15H15N3O3. The van der Waals surface area contributed by atoms with Crippen LogP contribution < -0.4 is 10.1 Å². The second-order valence-electron chi connectivity index (χ2n) is 5.02. The van der Waals surface area contributed by atoms with Crippen molar-refractivity contribution in [3.8, 4) is 11.6 Å². The zero-order valence-electron chi connectivity index (χ0n) is 11.4. The smallest absolute Gasteiger partial charge is 0.273 e. The summed E-state index contributed by atoms with van der Waals surface area (Å²) in [6.07, 6.45) is 4.25. The van der Waals surface area contributed by atoms with Crippen molar-refractivity contribution < 1.29 is 9.66 Å². The average Bonchev–Trinajstić information content (AvgIpc) is 3.31. The monoisotopic (exact) mass is 285 g/mol. The van der Waals surface area contributed by atoms with Crippen molar-refractivity contribution in [2.24, 2.45) is 0 Å². The molecule has 2 aromatic rings. The molecule has 0 bridgehead atoms. The topological polar surface area (TPSA) is 77.3 Å². The molecule has 21 heavy (non-hydrogen) atoms. The van der Waals surface area contributed by atoms with E-state index in [2.05, 4.69) is 10.3 Å². The zero-order chi connectivity index (χ0) is 14.7. The minimum atomic E-state index is -0.451. The van der Waals surface area contributed by atoms with Crippen LogP contribution in [0, 0.1) is 10.1 Å². The standard InChI is InChI=1S/C15H15N3O3/c19-18(20)13-2-1-3-14(8-13)21-15-7-4-11(10-17-15)9-16-12-5-6-12/h1-4,7-8,10,12,16H,5-6,9H2. The Morgan fingerprint density at radius 2 is 2.19 bits per heavy atom. The minimum Gasteiger partial charge on any atom is -0.439 e. The number of rotatable bonds is 6. The van der Waals surface area contributed by atoms with E-state index in [9.17, 15) is 10.1 Å². The van der Waals surface area contributed by atoms with Crippen molar-refractivity contribution in [3.63, 3.8) is 0 Å². The van der Waals surface area contributed by atoms with E-state index < -0.39 is 4.92 Å². The second-order valence-corrected chi connectivity index (χ2v) is 5.02. The van der Waals surface area contributed by atoms with Gasteiger partial charge in [-0.15, -0.1) is 0 Å². The maximum absolute atomic E-state index is 10.7. The quantitative estimate of drug-likeness (QED) is 0.652. The number of nitro groups is 1. The molecule has 0 amide bonds. The van der Waals surface area contributed by atoms with E-state index in [1.807, 2.05) is 6.07 Å². The number of nitro benzene ring substituents is 1. The Hall–Kier alpha value is -2.47. The summed E-state index contributed by atoms with van der Waals surface area (Å²) in [5.41, 5.74) is 1.09. The van der Waals surface area contributed by atoms with Crippen LogP contribution in [0.1, 0.15) is 18.4 Å². The van der Waals surface area contributed by atoms with Crippen LogP contribution in [0.4, 0.5) is 5.69 Å². The van der Waals surface area contributed by atoms with Gasteiger partial charge in [0.05, 0.1) is 11.0 Å². The molecular weight excluding hydrogens is 270 g/mol. The Kier molecular flexibility index (Phi) is 3.79. The maximum Gasteiger partial charge on any atom is 0.273 e. The molecule has 6 nitrogen and oxygen atoms in total. The van der Waals surface area contributed by atoms with Crippen LogP contribution in [0.25, 0.3) is 0 Å². The number of hydrogen-bond acceptors (Lipinski definition) is 5. The van der Waals surface area contributed by atoms with Gasteiger partial charge in [0.15, 0.2) is 0 Å². The predicted octanol–water partition coefficient (Wildman–Crippen LogP) is 3.03. The number of benzene rings is 1. The van der Waals surface area contributed by atoms with Gasteiger partial charge in [-0.2, -0.15) is 0 Å². The highest BCUT2D eigenvalue weighted by molar-refractivity contribution is 5.39. The summed E-state index contributed by atoms with van der Waals surface area (Å²) in [5.74, 6) is 0.825. The van der Waals surface area contributed by atoms with Gasteiger partial charge in [0, 0.05) is 30.9 Å². The fourth-order valence-electron chi connectivity index (χ4n) is 1.91. The highest BCUT2D eigenvalue weighted by Crippen LogP contribution is 2.24. The average molecular weight is 285 g/mol. The van der Waals surface area contributed by atoms with Gasteiger partial charge in [0.25, 0.3) is 5.69 Å². The summed E-state index contributed by atoms with van der Waals surface area (Å²) in [7, 11) is 0. The molecule has 0 radical (unpaired) electrons. The predicted molar refractivity (Wildman–Crippen MR) is 77.3 cm³/mol. The molecule has 6 heteroatoms. The minimum absolute atomic E-state index is 0.00208. The lowest BCUT2D eigenvalue weighted by molar-refractivity contribution is -0.384. The van der Waals surface area contributed by atoms with Crippen LogP contribution in [-0.4, -0.2) is 15.9 Å². The van der Waals surface area contributed by atoms with E-state index in [0.717, 1.165) is 12.1 Å². The first-order valence-corrected chi connectivity index (χ1v) is 6.81. The number of nitrogens with one attached hydrogen (secondary N) is 1. The van der Waals surface area contributed by atoms with Crippen molar-refractivity contribution in [2.75, 3.05) is 0 Å². The van der Waals surface area contributed by atoms with Gasteiger partial charge in [-0.05, 0) is 24.5 Å². The van der Waals surface area contributed by atoms with E-state index in [0.29, 0.717) is 17.7 Å². The molecule has 0 saturated heterocycles. The zero-order valence-corrected chi connectivity index (χ0v) is 11.4. The van der Waals surface area contributed by atoms with Crippen molar-refractivity contribution in [2.45, 2.75) is 25.4 Å². The molecule has 1 heterocycles. The molecule has 0 spiro atoms. The van der Waals surface area contributed by atoms with Gasteiger partial charge in [0.2, 0.25) is 5.88 Å². The molecule has 1 aromatic heterocycles. The van der Waals surface area contributed by atoms with Crippen molar-refractivity contribution >= 4 is 5.69 Å². The normalized spacial score (nSPS) is 13.9. The third-order valence-corrected chi connectivity index (χ3v) is 3.22. The molecule has 0 aliphatic heterocycles. The number of hydrogen-bond donors (Lipinski definition) is 1. The van der Waals surface area contributed by atoms with Crippen molar-refractivity contribution in [1.82, 2.24) is 10.3 Å². The first-order valence-electron chi connectivity index (χ1n) is 6.81. The Balaban J connectivity index is 1.63. The van der Waals surface area contributed by atoms with Crippen LogP contribution in [0.15, 0.2) is 42.6 Å². The SMILES string of the molecule is O=[N+]([O-])c1cccc(Oc2ccc(CNC3CC3)cn2)c1. The molecule has 1 aromatic carbocycles. The lowest BCUT2D eigenvalue weighted by Crippen LogP contribution is -2.15. The third-order valence-electron chi connectivity index (χ3n) is 3.22. The van der Waals surface area contributed by atoms with Crippen LogP contribution in [0.2, 0.25) is 0 Å². The fourth-order valence-corrected chi connectivity index (χ4v) is 1.91. The molecule has 1 aliphatic carbocycles. The van der Waals surface area contributed by atoms with E-state index in [1.54, 1.807) is 24.4 Å². The van der Waals surface area contributed by atoms with Gasteiger partial charge in [-0.3, -0.25) is 10.1 Å². The van der Waals surface area contributed by atoms with E-state index in [1.165, 1.54) is 25.0 Å². The Morgan fingerprint density at radius 3 is 2.86 bits per heavy atom. The van der Waals surface area contributed by atoms with Crippen LogP contribution in [0.3, 0.4) is 0 Å². The van der Waals surface area contributed by atoms with Crippen molar-refractivity contribution in [3.05, 3.63) is 58.3 Å². The van der Waals surface area contributed by atoms with E-state index >= 15 is 0 Å². The third kappa shape index (κ3) is 3.76. The van der Waals surface area contributed by atoms with Crippen LogP contribution >= 0.6 is 0 Å². The van der Waals surface area contributed by atoms with E-state index in [4.69, 9.17) is 4.74 Å². The van der Waals surface area contributed by atoms with E-state index in [-0.39, 0.29) is 5.69 Å². The first-order chi connectivity index (χ1) is 10.2. The molecule has 0 unspecified atom stereocenters. The van der Waals surface area contributed by atoms with Crippen LogP contribution in [-0.2, 0) is 6.54 Å². The Morgan fingerprint density at radius 1 is 1.33 bits per heavy atom. The summed E-state index contributed by atoms with van der Waals surface area (Å²) < 4.78 is 5.53. The largest absolute Gasteiger partial charge is 0.439 e. The summed E-state index contributed by atoms with van der Waals surface area (Å²) >= 11 is 0. The highest BCUT2D eigenvalue weighted by Gasteiger charge is 2.19. The molecule has 1 fully saturated rings. The summed E-state index contributed by atoms with van der Waals surface area (Å²) in [6.45, 7) is 0.800. The molecule has 0 atom stereocenters. The highest BCUT2D eigenvalue weighted by atomic mass is 16.6. The second kappa shape index (κ2) is 5.88. The van der Waals surface area contributed by atoms with Gasteiger partial charge in [0.1, 0.15) is 5.75 Å². The van der Waals surface area contributed by atoms with Gasteiger partial charge in [-0.25, -0.2) is 4.98 Å². The van der Waals surface area contributed by atoms with Crippen molar-refractivity contribution in [1.29, 1.82) is 0 Å². The number of aromatic nitrogens is 1. The Bertz CT molecular complexity index is 639. The fraction of sp³-hybridized carbons (Fsp3) is 0.267. The number of pyridine rings is 1. The lowest BCUT2D eigenvalue weighted by atomic mass is 10.3. The maximum atomic E-state index is 10.7. The first kappa shape index (κ1) is 13.5. The number of ether oxygens (including phenoxy) is 1. The van der Waals surface area contributed by atoms with Gasteiger partial charge in [-0.1, -0.05) is 12.1 Å². The summed E-state index contributed by atoms with van der Waals surface area (Å²) in [5, 5.41) is 14.1. The molecule has 1 aliphatic rings. The lowest BCUT2D eigenvalue weighted by Gasteiger charge is -2.06. The van der Waals surface area contributed by atoms with Crippen LogP contribution in [0.5, 0.6) is 11.6 Å². The van der Waals surface area contributed by atoms with Gasteiger partial charge < -0.3 is 10.1 Å². The summed E-state index contributed by atoms with van der Waals surface area (Å²) in [6, 6.07) is 10.4. The molecule has 108 valence electrons. The molecule has 1 N–H and O–H groups in total. The van der Waals surface area contributed by atoms with Gasteiger partial charge >= 0.3 is 0 Å². The number of nitrogens with zero attached hydrogens (tertiary/aromatic N) is 2. The number of non-ortho nitro benzene ring substituents is 1.